The van der Waals surface area contributed by atoms with Gasteiger partial charge in [-0.1, -0.05) is 22.0 Å². The van der Waals surface area contributed by atoms with Crippen LogP contribution in [0.5, 0.6) is 0 Å². The molecule has 0 radical (unpaired) electrons. The molecule has 0 saturated heterocycles. The van der Waals surface area contributed by atoms with Crippen molar-refractivity contribution in [1.82, 2.24) is 0 Å². The molecule has 0 aliphatic carbocycles. The summed E-state index contributed by atoms with van der Waals surface area (Å²) >= 11 is 9.02. The van der Waals surface area contributed by atoms with E-state index in [1.165, 1.54) is 6.92 Å². The van der Waals surface area contributed by atoms with Crippen LogP contribution in [0.4, 0.5) is 10.1 Å². The van der Waals surface area contributed by atoms with Crippen molar-refractivity contribution in [2.45, 2.75) is 19.1 Å². The molecule has 0 aliphatic heterocycles. The number of benzene rings is 1. The van der Waals surface area contributed by atoms with Gasteiger partial charge in [0.2, 0.25) is 0 Å². The van der Waals surface area contributed by atoms with Gasteiger partial charge in [-0.15, -0.1) is 11.6 Å². The highest BCUT2D eigenvalue weighted by atomic mass is 79.9. The first-order valence-electron chi connectivity index (χ1n) is 3.88. The highest BCUT2D eigenvalue weighted by Gasteiger charge is 2.02. The normalized spacial score (nSPS) is 12.6. The quantitative estimate of drug-likeness (QED) is 0.646. The molecule has 0 saturated carbocycles. The Morgan fingerprint density at radius 3 is 2.77 bits per heavy atom. The molecule has 72 valence electrons. The van der Waals surface area contributed by atoms with Gasteiger partial charge in [-0.2, -0.15) is 0 Å². The van der Waals surface area contributed by atoms with Crippen molar-refractivity contribution in [3.63, 3.8) is 0 Å². The van der Waals surface area contributed by atoms with Gasteiger partial charge in [-0.25, -0.2) is 4.39 Å². The molecule has 13 heavy (non-hydrogen) atoms. The predicted octanol–water partition coefficient (Wildman–Crippen LogP) is 3.92. The number of anilines is 1. The van der Waals surface area contributed by atoms with Gasteiger partial charge in [0.05, 0.1) is 0 Å². The van der Waals surface area contributed by atoms with Gasteiger partial charge in [0.25, 0.3) is 0 Å². The van der Waals surface area contributed by atoms with Crippen LogP contribution < -0.4 is 5.32 Å². The van der Waals surface area contributed by atoms with E-state index in [9.17, 15) is 4.39 Å². The lowest BCUT2D eigenvalue weighted by Gasteiger charge is -2.08. The fourth-order valence-electron chi connectivity index (χ4n) is 0.975. The van der Waals surface area contributed by atoms with Gasteiger partial charge in [-0.05, 0) is 24.6 Å². The maximum absolute atomic E-state index is 12.5. The van der Waals surface area contributed by atoms with Gasteiger partial charge >= 0.3 is 0 Å². The Kier molecular flexibility index (Phi) is 4.00. The van der Waals surface area contributed by atoms with E-state index in [4.69, 9.17) is 11.6 Å². The molecule has 1 aromatic carbocycles. The number of halogens is 3. The summed E-state index contributed by atoms with van der Waals surface area (Å²) in [7, 11) is 0. The van der Waals surface area contributed by atoms with Crippen LogP contribution in [-0.2, 0) is 5.88 Å². The van der Waals surface area contributed by atoms with Crippen molar-refractivity contribution in [1.29, 1.82) is 0 Å². The second kappa shape index (κ2) is 4.82. The van der Waals surface area contributed by atoms with Crippen LogP contribution in [0, 0.1) is 0 Å². The number of hydrogen-bond acceptors (Lipinski definition) is 1. The van der Waals surface area contributed by atoms with Crippen LogP contribution in [0.1, 0.15) is 12.5 Å². The zero-order valence-corrected chi connectivity index (χ0v) is 9.49. The topological polar surface area (TPSA) is 12.0 Å². The summed E-state index contributed by atoms with van der Waals surface area (Å²) in [6, 6.07) is 5.48. The van der Waals surface area contributed by atoms with Crippen LogP contribution in [0.2, 0.25) is 0 Å². The fourth-order valence-corrected chi connectivity index (χ4v) is 1.89. The van der Waals surface area contributed by atoms with Crippen LogP contribution in [0.15, 0.2) is 22.7 Å². The second-order valence-electron chi connectivity index (χ2n) is 2.70. The van der Waals surface area contributed by atoms with Crippen LogP contribution in [0.3, 0.4) is 0 Å². The minimum atomic E-state index is -1.05. The van der Waals surface area contributed by atoms with Crippen molar-refractivity contribution < 1.29 is 4.39 Å². The zero-order valence-electron chi connectivity index (χ0n) is 7.15. The van der Waals surface area contributed by atoms with Gasteiger partial charge in [0.15, 0.2) is 6.30 Å². The second-order valence-corrected chi connectivity index (χ2v) is 3.82. The molecular weight excluding hydrogens is 256 g/mol. The lowest BCUT2D eigenvalue weighted by Crippen LogP contribution is -2.07. The molecular formula is C9H10BrClFN. The summed E-state index contributed by atoms with van der Waals surface area (Å²) in [5.74, 6) is 0.450. The van der Waals surface area contributed by atoms with Crippen LogP contribution in [-0.4, -0.2) is 6.30 Å². The largest absolute Gasteiger partial charge is 0.356 e. The SMILES string of the molecule is CC(F)Nc1ccc(CCl)c(Br)c1. The minimum Gasteiger partial charge on any atom is -0.356 e. The van der Waals surface area contributed by atoms with Crippen molar-refractivity contribution in [3.05, 3.63) is 28.2 Å². The molecule has 0 spiro atoms. The summed E-state index contributed by atoms with van der Waals surface area (Å²) in [5, 5.41) is 2.66. The molecule has 0 aromatic heterocycles. The van der Waals surface area contributed by atoms with Crippen molar-refractivity contribution in [3.8, 4) is 0 Å². The Morgan fingerprint density at radius 2 is 2.31 bits per heavy atom. The van der Waals surface area contributed by atoms with E-state index in [2.05, 4.69) is 21.2 Å². The van der Waals surface area contributed by atoms with E-state index in [0.29, 0.717) is 5.88 Å². The number of rotatable bonds is 3. The average molecular weight is 267 g/mol. The lowest BCUT2D eigenvalue weighted by atomic mass is 10.2. The molecule has 1 nitrogen and oxygen atoms in total. The Labute approximate surface area is 90.4 Å². The summed E-state index contributed by atoms with van der Waals surface area (Å²) in [6.07, 6.45) is -1.05. The van der Waals surface area contributed by atoms with E-state index in [0.717, 1.165) is 15.7 Å². The van der Waals surface area contributed by atoms with Gasteiger partial charge in [-0.3, -0.25) is 0 Å². The Hall–Kier alpha value is -0.280. The molecule has 1 rings (SSSR count). The maximum atomic E-state index is 12.5. The van der Waals surface area contributed by atoms with Gasteiger partial charge in [0, 0.05) is 16.0 Å². The Morgan fingerprint density at radius 1 is 1.62 bits per heavy atom. The monoisotopic (exact) mass is 265 g/mol. The molecule has 0 heterocycles. The van der Waals surface area contributed by atoms with Crippen molar-refractivity contribution in [2.24, 2.45) is 0 Å². The molecule has 1 N–H and O–H groups in total. The zero-order chi connectivity index (χ0) is 9.84. The van der Waals surface area contributed by atoms with E-state index < -0.39 is 6.30 Å². The highest BCUT2D eigenvalue weighted by molar-refractivity contribution is 9.10. The minimum absolute atomic E-state index is 0.450. The third-order valence-electron chi connectivity index (χ3n) is 1.56. The third-order valence-corrected chi connectivity index (χ3v) is 2.59. The molecule has 0 aliphatic rings. The van der Waals surface area contributed by atoms with E-state index in [1.54, 1.807) is 6.07 Å². The lowest BCUT2D eigenvalue weighted by molar-refractivity contribution is 0.402. The van der Waals surface area contributed by atoms with Gasteiger partial charge in [0.1, 0.15) is 0 Å². The number of alkyl halides is 2. The molecule has 0 fully saturated rings. The Bertz CT molecular complexity index is 291. The summed E-state index contributed by atoms with van der Waals surface area (Å²) in [6.45, 7) is 1.45. The van der Waals surface area contributed by atoms with Crippen molar-refractivity contribution >= 4 is 33.2 Å². The van der Waals surface area contributed by atoms with Crippen LogP contribution >= 0.6 is 27.5 Å². The summed E-state index contributed by atoms with van der Waals surface area (Å²) in [4.78, 5) is 0. The van der Waals surface area contributed by atoms with Gasteiger partial charge < -0.3 is 5.32 Å². The fraction of sp³-hybridized carbons (Fsp3) is 0.333. The molecule has 1 unspecified atom stereocenters. The smallest absolute Gasteiger partial charge is 0.167 e. The predicted molar refractivity (Wildman–Crippen MR) is 57.9 cm³/mol. The standard InChI is InChI=1S/C9H10BrClFN/c1-6(12)13-8-3-2-7(5-11)9(10)4-8/h2-4,6,13H,5H2,1H3. The maximum Gasteiger partial charge on any atom is 0.167 e. The first-order chi connectivity index (χ1) is 6.13. The summed E-state index contributed by atoms with van der Waals surface area (Å²) < 4.78 is 13.4. The molecule has 0 amide bonds. The van der Waals surface area contributed by atoms with Crippen LogP contribution in [0.25, 0.3) is 0 Å². The highest BCUT2D eigenvalue weighted by Crippen LogP contribution is 2.23. The molecule has 4 heteroatoms. The Balaban J connectivity index is 2.83. The average Bonchev–Trinajstić information content (AvgIpc) is 2.03. The molecule has 1 atom stereocenters. The number of hydrogen-bond donors (Lipinski definition) is 1. The summed E-state index contributed by atoms with van der Waals surface area (Å²) in [5.41, 5.74) is 1.74. The van der Waals surface area contributed by atoms with Crippen molar-refractivity contribution in [2.75, 3.05) is 5.32 Å². The third kappa shape index (κ3) is 3.16. The number of nitrogens with one attached hydrogen (secondary N) is 1. The molecule has 0 bridgehead atoms. The van der Waals surface area contributed by atoms with E-state index in [1.807, 2.05) is 12.1 Å². The first kappa shape index (κ1) is 10.8. The van der Waals surface area contributed by atoms with E-state index in [-0.39, 0.29) is 0 Å². The molecule has 1 aromatic rings. The first-order valence-corrected chi connectivity index (χ1v) is 5.21. The van der Waals surface area contributed by atoms with E-state index >= 15 is 0 Å².